The first-order valence-corrected chi connectivity index (χ1v) is 12.3. The van der Waals surface area contributed by atoms with Crippen LogP contribution in [0.15, 0.2) is 104 Å². The van der Waals surface area contributed by atoms with E-state index in [9.17, 15) is 19.5 Å². The zero-order chi connectivity index (χ0) is 27.6. The van der Waals surface area contributed by atoms with E-state index in [0.717, 1.165) is 0 Å². The summed E-state index contributed by atoms with van der Waals surface area (Å²) < 4.78 is 28.8. The van der Waals surface area contributed by atoms with E-state index < -0.39 is 55.2 Å². The fourth-order valence-corrected chi connectivity index (χ4v) is 4.02. The molecule has 0 radical (unpaired) electrons. The van der Waals surface area contributed by atoms with Gasteiger partial charge in [0.25, 0.3) is 0 Å². The van der Waals surface area contributed by atoms with Crippen LogP contribution in [0, 0.1) is 0 Å². The Morgan fingerprint density at radius 1 is 0.769 bits per heavy atom. The molecule has 1 aliphatic heterocycles. The number of esters is 3. The summed E-state index contributed by atoms with van der Waals surface area (Å²) in [4.78, 5) is 38.9. The number of benzene rings is 3. The lowest BCUT2D eigenvalue weighted by molar-refractivity contribution is -0.176. The van der Waals surface area contributed by atoms with Crippen LogP contribution in [0.1, 0.15) is 31.1 Å². The first kappa shape index (κ1) is 27.7. The van der Waals surface area contributed by atoms with Crippen LogP contribution < -0.4 is 0 Å². The number of carbonyl (C=O) groups is 3. The second kappa shape index (κ2) is 13.5. The maximum Gasteiger partial charge on any atom is 0.338 e. The van der Waals surface area contributed by atoms with Crippen molar-refractivity contribution in [3.63, 3.8) is 0 Å². The molecule has 0 saturated carbocycles. The monoisotopic (exact) mass is 532 g/mol. The normalized spacial score (nSPS) is 20.9. The number of hydrogen-bond donors (Lipinski definition) is 1. The summed E-state index contributed by atoms with van der Waals surface area (Å²) in [6.07, 6.45) is -4.85. The Kier molecular flexibility index (Phi) is 9.58. The van der Waals surface area contributed by atoms with E-state index in [-0.39, 0.29) is 23.3 Å². The topological polar surface area (TPSA) is 118 Å². The molecule has 1 fully saturated rings. The molecule has 3 aromatic rings. The van der Waals surface area contributed by atoms with Crippen LogP contribution in [0.2, 0.25) is 0 Å². The Labute approximate surface area is 225 Å². The molecular formula is C30H28O9. The highest BCUT2D eigenvalue weighted by molar-refractivity contribution is 5.91. The average Bonchev–Trinajstić information content (AvgIpc) is 3.31. The Morgan fingerprint density at radius 3 is 1.69 bits per heavy atom. The number of hydrogen-bond acceptors (Lipinski definition) is 9. The van der Waals surface area contributed by atoms with Crippen LogP contribution in [-0.4, -0.2) is 66.9 Å². The zero-order valence-electron chi connectivity index (χ0n) is 21.0. The van der Waals surface area contributed by atoms with Crippen molar-refractivity contribution in [1.82, 2.24) is 0 Å². The van der Waals surface area contributed by atoms with Crippen molar-refractivity contribution >= 4 is 17.9 Å². The van der Waals surface area contributed by atoms with E-state index in [4.69, 9.17) is 23.7 Å². The number of rotatable bonds is 11. The molecule has 0 aliphatic carbocycles. The van der Waals surface area contributed by atoms with Gasteiger partial charge in [0.1, 0.15) is 6.10 Å². The number of carbonyl (C=O) groups excluding carboxylic acids is 3. The van der Waals surface area contributed by atoms with E-state index in [2.05, 4.69) is 6.58 Å². The lowest BCUT2D eigenvalue weighted by atomic mass is 10.0. The molecule has 9 nitrogen and oxygen atoms in total. The summed E-state index contributed by atoms with van der Waals surface area (Å²) in [5.41, 5.74) is 0.741. The lowest BCUT2D eigenvalue weighted by Crippen LogP contribution is -2.47. The Bertz CT molecular complexity index is 1250. The first-order valence-electron chi connectivity index (χ1n) is 12.3. The molecule has 5 atom stereocenters. The van der Waals surface area contributed by atoms with E-state index in [0.29, 0.717) is 0 Å². The van der Waals surface area contributed by atoms with Crippen LogP contribution >= 0.6 is 0 Å². The highest BCUT2D eigenvalue weighted by Crippen LogP contribution is 2.32. The van der Waals surface area contributed by atoms with E-state index in [1.165, 1.54) is 6.08 Å². The molecule has 3 aromatic carbocycles. The molecule has 1 aliphatic rings. The van der Waals surface area contributed by atoms with Crippen molar-refractivity contribution in [3.05, 3.63) is 120 Å². The van der Waals surface area contributed by atoms with Crippen molar-refractivity contribution < 1.29 is 43.2 Å². The maximum absolute atomic E-state index is 13.1. The van der Waals surface area contributed by atoms with Gasteiger partial charge in [-0.15, -0.1) is 6.58 Å². The molecule has 0 spiro atoms. The van der Waals surface area contributed by atoms with Gasteiger partial charge in [0, 0.05) is 0 Å². The molecule has 0 unspecified atom stereocenters. The smallest absolute Gasteiger partial charge is 0.338 e. The van der Waals surface area contributed by atoms with Gasteiger partial charge in [0.05, 0.1) is 29.9 Å². The third-order valence-corrected chi connectivity index (χ3v) is 5.90. The number of ether oxygens (including phenoxy) is 5. The highest BCUT2D eigenvalue weighted by Gasteiger charge is 2.54. The maximum atomic E-state index is 13.1. The van der Waals surface area contributed by atoms with Gasteiger partial charge in [-0.1, -0.05) is 60.7 Å². The molecular weight excluding hydrogens is 504 g/mol. The molecule has 202 valence electrons. The SMILES string of the molecule is C=CCO[C@@H]1O[C@@H]([C@@H](CO)OC(=O)c2ccccc2)[C@H](OC(=O)c2ccccc2)[C@H]1OC(=O)c1ccccc1. The van der Waals surface area contributed by atoms with Crippen molar-refractivity contribution in [2.24, 2.45) is 0 Å². The summed E-state index contributed by atoms with van der Waals surface area (Å²) in [6.45, 7) is 2.97. The summed E-state index contributed by atoms with van der Waals surface area (Å²) in [6, 6.07) is 24.6. The third-order valence-electron chi connectivity index (χ3n) is 5.90. The largest absolute Gasteiger partial charge is 0.453 e. The van der Waals surface area contributed by atoms with Gasteiger partial charge in [0.15, 0.2) is 24.6 Å². The molecule has 4 rings (SSSR count). The molecule has 39 heavy (non-hydrogen) atoms. The standard InChI is InChI=1S/C30H28O9/c1-2-18-35-30-26(38-29(34)22-16-10-5-11-17-22)25(37-28(33)21-14-8-4-9-15-21)24(39-30)23(19-31)36-27(32)20-12-6-3-7-13-20/h2-17,23-26,30-31H,1,18-19H2/t23-,24+,25+,26-,30-/m1/s1. The molecule has 1 saturated heterocycles. The first-order chi connectivity index (χ1) is 19.0. The molecule has 1 heterocycles. The lowest BCUT2D eigenvalue weighted by Gasteiger charge is -2.27. The molecule has 0 amide bonds. The third kappa shape index (κ3) is 6.97. The minimum atomic E-state index is -1.30. The van der Waals surface area contributed by atoms with Crippen LogP contribution in [0.3, 0.4) is 0 Å². The summed E-state index contributed by atoms with van der Waals surface area (Å²) in [5.74, 6) is -2.16. The molecule has 1 N–H and O–H groups in total. The van der Waals surface area contributed by atoms with Crippen LogP contribution in [0.25, 0.3) is 0 Å². The highest BCUT2D eigenvalue weighted by atomic mass is 16.7. The average molecular weight is 533 g/mol. The van der Waals surface area contributed by atoms with Gasteiger partial charge >= 0.3 is 17.9 Å². The van der Waals surface area contributed by atoms with E-state index >= 15 is 0 Å². The van der Waals surface area contributed by atoms with E-state index in [1.807, 2.05) is 0 Å². The minimum Gasteiger partial charge on any atom is -0.453 e. The van der Waals surface area contributed by atoms with Gasteiger partial charge in [-0.3, -0.25) is 0 Å². The van der Waals surface area contributed by atoms with Crippen molar-refractivity contribution in [1.29, 1.82) is 0 Å². The van der Waals surface area contributed by atoms with Crippen LogP contribution in [0.5, 0.6) is 0 Å². The molecule has 0 bridgehead atoms. The van der Waals surface area contributed by atoms with Gasteiger partial charge < -0.3 is 28.8 Å². The summed E-state index contributed by atoms with van der Waals surface area (Å²) >= 11 is 0. The second-order valence-corrected chi connectivity index (χ2v) is 8.56. The zero-order valence-corrected chi connectivity index (χ0v) is 21.0. The quantitative estimate of drug-likeness (QED) is 0.225. The Hall–Kier alpha value is -4.31. The predicted molar refractivity (Wildman–Crippen MR) is 139 cm³/mol. The van der Waals surface area contributed by atoms with Crippen molar-refractivity contribution in [2.75, 3.05) is 13.2 Å². The second-order valence-electron chi connectivity index (χ2n) is 8.56. The summed E-state index contributed by atoms with van der Waals surface area (Å²) in [7, 11) is 0. The predicted octanol–water partition coefficient (Wildman–Crippen LogP) is 3.58. The van der Waals surface area contributed by atoms with Gasteiger partial charge in [0.2, 0.25) is 0 Å². The number of aliphatic hydroxyl groups is 1. The van der Waals surface area contributed by atoms with Crippen molar-refractivity contribution in [3.8, 4) is 0 Å². The fourth-order valence-electron chi connectivity index (χ4n) is 4.02. The van der Waals surface area contributed by atoms with Crippen molar-refractivity contribution in [2.45, 2.75) is 30.7 Å². The Morgan fingerprint density at radius 2 is 1.23 bits per heavy atom. The minimum absolute atomic E-state index is 0.0176. The van der Waals surface area contributed by atoms with Crippen LogP contribution in [-0.2, 0) is 23.7 Å². The molecule has 9 heteroatoms. The van der Waals surface area contributed by atoms with Gasteiger partial charge in [-0.2, -0.15) is 0 Å². The van der Waals surface area contributed by atoms with Gasteiger partial charge in [-0.05, 0) is 36.4 Å². The van der Waals surface area contributed by atoms with Crippen LogP contribution in [0.4, 0.5) is 0 Å². The van der Waals surface area contributed by atoms with E-state index in [1.54, 1.807) is 91.0 Å². The summed E-state index contributed by atoms with van der Waals surface area (Å²) in [5, 5.41) is 10.2. The molecule has 0 aromatic heterocycles. The number of aliphatic hydroxyl groups excluding tert-OH is 1. The Balaban J connectivity index is 1.65. The fraction of sp³-hybridized carbons (Fsp3) is 0.233. The van der Waals surface area contributed by atoms with Gasteiger partial charge in [-0.25, -0.2) is 14.4 Å².